The molecule has 0 aromatic heterocycles. The van der Waals surface area contributed by atoms with Crippen LogP contribution in [0.15, 0.2) is 4.99 Å². The van der Waals surface area contributed by atoms with Crippen molar-refractivity contribution in [3.63, 3.8) is 0 Å². The summed E-state index contributed by atoms with van der Waals surface area (Å²) in [7, 11) is 0. The van der Waals surface area contributed by atoms with E-state index in [2.05, 4.69) is 16.8 Å². The molecular weight excluding hydrogens is 240 g/mol. The number of nitrogens with zero attached hydrogens (tertiary/aromatic N) is 2. The van der Waals surface area contributed by atoms with E-state index in [0.29, 0.717) is 24.6 Å². The first kappa shape index (κ1) is 14.2. The average molecular weight is 266 g/mol. The van der Waals surface area contributed by atoms with Gasteiger partial charge in [0.25, 0.3) is 0 Å². The number of carbonyl (C=O) groups excluding carboxylic acids is 1. The van der Waals surface area contributed by atoms with Crippen LogP contribution in [0, 0.1) is 5.92 Å². The Morgan fingerprint density at radius 1 is 1.11 bits per heavy atom. The maximum Gasteiger partial charge on any atom is 0.222 e. The van der Waals surface area contributed by atoms with E-state index in [1.807, 2.05) is 0 Å². The predicted octanol–water partition coefficient (Wildman–Crippen LogP) is 1.22. The second-order valence-electron chi connectivity index (χ2n) is 5.96. The van der Waals surface area contributed by atoms with E-state index in [-0.39, 0.29) is 11.8 Å². The van der Waals surface area contributed by atoms with Crippen molar-refractivity contribution in [2.75, 3.05) is 6.54 Å². The number of likely N-dealkylation sites (tertiary alicyclic amines) is 1. The molecular formula is C14H26N4O. The van der Waals surface area contributed by atoms with Gasteiger partial charge in [0, 0.05) is 12.6 Å². The lowest BCUT2D eigenvalue weighted by atomic mass is 9.93. The van der Waals surface area contributed by atoms with Gasteiger partial charge in [0.1, 0.15) is 0 Å². The van der Waals surface area contributed by atoms with Gasteiger partial charge in [0.15, 0.2) is 5.96 Å². The van der Waals surface area contributed by atoms with Gasteiger partial charge in [-0.25, -0.2) is 4.99 Å². The topological polar surface area (TPSA) is 84.7 Å². The zero-order chi connectivity index (χ0) is 13.8. The van der Waals surface area contributed by atoms with Crippen molar-refractivity contribution in [2.45, 2.75) is 64.0 Å². The number of hydrogen-bond donors (Lipinski definition) is 2. The number of nitrogens with two attached hydrogens (primary N) is 2. The zero-order valence-electron chi connectivity index (χ0n) is 11.8. The first-order valence-electron chi connectivity index (χ1n) is 7.47. The van der Waals surface area contributed by atoms with E-state index in [1.54, 1.807) is 0 Å². The van der Waals surface area contributed by atoms with Crippen LogP contribution >= 0.6 is 0 Å². The van der Waals surface area contributed by atoms with Gasteiger partial charge in [-0.15, -0.1) is 0 Å². The molecule has 1 aliphatic heterocycles. The number of guanidine groups is 1. The molecule has 1 saturated carbocycles. The van der Waals surface area contributed by atoms with Gasteiger partial charge in [-0.2, -0.15) is 0 Å². The molecule has 1 aliphatic carbocycles. The highest BCUT2D eigenvalue weighted by Crippen LogP contribution is 2.23. The molecule has 5 heteroatoms. The highest BCUT2D eigenvalue weighted by molar-refractivity contribution is 5.81. The average Bonchev–Trinajstić information content (AvgIpc) is 2.40. The van der Waals surface area contributed by atoms with Gasteiger partial charge >= 0.3 is 0 Å². The third kappa shape index (κ3) is 3.61. The molecule has 2 atom stereocenters. The maximum absolute atomic E-state index is 11.3. The van der Waals surface area contributed by atoms with Gasteiger partial charge in [-0.1, -0.05) is 19.3 Å². The monoisotopic (exact) mass is 266 g/mol. The van der Waals surface area contributed by atoms with E-state index in [0.717, 1.165) is 25.7 Å². The number of piperidine rings is 1. The van der Waals surface area contributed by atoms with E-state index >= 15 is 0 Å². The molecule has 0 radical (unpaired) electrons. The first-order valence-corrected chi connectivity index (χ1v) is 7.47. The van der Waals surface area contributed by atoms with Crippen LogP contribution in [0.2, 0.25) is 0 Å². The van der Waals surface area contributed by atoms with Crippen LogP contribution in [0.25, 0.3) is 0 Å². The first-order chi connectivity index (χ1) is 9.08. The van der Waals surface area contributed by atoms with Crippen molar-refractivity contribution < 1.29 is 4.79 Å². The van der Waals surface area contributed by atoms with Crippen LogP contribution in [0.5, 0.6) is 0 Å². The van der Waals surface area contributed by atoms with Gasteiger partial charge in [-0.3, -0.25) is 4.79 Å². The van der Waals surface area contributed by atoms with Crippen LogP contribution in [0.3, 0.4) is 0 Å². The second kappa shape index (κ2) is 6.26. The largest absolute Gasteiger partial charge is 0.370 e. The zero-order valence-corrected chi connectivity index (χ0v) is 11.8. The van der Waals surface area contributed by atoms with Crippen LogP contribution in [0.4, 0.5) is 0 Å². The minimum absolute atomic E-state index is 0.0868. The van der Waals surface area contributed by atoms with E-state index in [4.69, 9.17) is 11.5 Å². The molecule has 2 unspecified atom stereocenters. The summed E-state index contributed by atoms with van der Waals surface area (Å²) in [4.78, 5) is 18.1. The highest BCUT2D eigenvalue weighted by atomic mass is 16.1. The third-order valence-electron chi connectivity index (χ3n) is 4.47. The van der Waals surface area contributed by atoms with Crippen molar-refractivity contribution in [1.29, 1.82) is 0 Å². The number of rotatable bonds is 2. The summed E-state index contributed by atoms with van der Waals surface area (Å²) in [5.41, 5.74) is 11.6. The Kier molecular flexibility index (Phi) is 4.66. The molecule has 0 bridgehead atoms. The van der Waals surface area contributed by atoms with Crippen LogP contribution in [0.1, 0.15) is 51.9 Å². The van der Waals surface area contributed by atoms with Crippen molar-refractivity contribution >= 4 is 11.9 Å². The van der Waals surface area contributed by atoms with Gasteiger partial charge in [0.2, 0.25) is 5.91 Å². The van der Waals surface area contributed by atoms with Gasteiger partial charge in [-0.05, 0) is 32.6 Å². The Morgan fingerprint density at radius 3 is 2.42 bits per heavy atom. The molecule has 0 aromatic carbocycles. The van der Waals surface area contributed by atoms with Crippen molar-refractivity contribution in [2.24, 2.45) is 22.4 Å². The second-order valence-corrected chi connectivity index (χ2v) is 5.96. The Labute approximate surface area is 115 Å². The fraction of sp³-hybridized carbons (Fsp3) is 0.857. The van der Waals surface area contributed by atoms with Crippen LogP contribution < -0.4 is 11.5 Å². The number of aliphatic imine (C=N–C) groups is 1. The van der Waals surface area contributed by atoms with E-state index < -0.39 is 0 Å². The third-order valence-corrected chi connectivity index (χ3v) is 4.47. The summed E-state index contributed by atoms with van der Waals surface area (Å²) < 4.78 is 0. The number of carbonyl (C=O) groups is 1. The molecule has 1 heterocycles. The summed E-state index contributed by atoms with van der Waals surface area (Å²) in [6.45, 7) is 2.76. The summed E-state index contributed by atoms with van der Waals surface area (Å²) in [5.74, 6) is 0.295. The van der Waals surface area contributed by atoms with Crippen molar-refractivity contribution in [3.05, 3.63) is 0 Å². The lowest BCUT2D eigenvalue weighted by molar-refractivity contribution is -0.123. The molecule has 108 valence electrons. The van der Waals surface area contributed by atoms with Crippen LogP contribution in [-0.2, 0) is 4.79 Å². The minimum Gasteiger partial charge on any atom is -0.370 e. The Bertz CT molecular complexity index is 349. The molecule has 5 nitrogen and oxygen atoms in total. The maximum atomic E-state index is 11.3. The normalized spacial score (nSPS) is 30.4. The number of hydrogen-bond acceptors (Lipinski definition) is 2. The van der Waals surface area contributed by atoms with Gasteiger partial charge in [0.05, 0.1) is 12.0 Å². The fourth-order valence-corrected chi connectivity index (χ4v) is 3.13. The Morgan fingerprint density at radius 2 is 1.79 bits per heavy atom. The molecule has 1 amide bonds. The molecule has 2 rings (SSSR count). The molecule has 19 heavy (non-hydrogen) atoms. The van der Waals surface area contributed by atoms with Crippen molar-refractivity contribution in [1.82, 2.24) is 4.90 Å². The lowest BCUT2D eigenvalue weighted by Crippen LogP contribution is -2.51. The molecule has 2 fully saturated rings. The van der Waals surface area contributed by atoms with E-state index in [1.165, 1.54) is 19.3 Å². The number of primary amides is 1. The molecule has 0 spiro atoms. The Balaban J connectivity index is 2.00. The lowest BCUT2D eigenvalue weighted by Gasteiger charge is -2.38. The molecule has 4 N–H and O–H groups in total. The summed E-state index contributed by atoms with van der Waals surface area (Å²) in [5, 5.41) is 0. The Hall–Kier alpha value is -1.26. The van der Waals surface area contributed by atoms with Gasteiger partial charge < -0.3 is 16.4 Å². The number of amides is 1. The summed E-state index contributed by atoms with van der Waals surface area (Å²) >= 11 is 0. The SMILES string of the molecule is CC1CCC(C(N)=O)CN1C(N)=NC1CCCCC1. The fourth-order valence-electron chi connectivity index (χ4n) is 3.13. The minimum atomic E-state index is -0.220. The van der Waals surface area contributed by atoms with Crippen molar-refractivity contribution in [3.8, 4) is 0 Å². The predicted molar refractivity (Wildman–Crippen MR) is 76.6 cm³/mol. The summed E-state index contributed by atoms with van der Waals surface area (Å²) in [6.07, 6.45) is 7.92. The smallest absolute Gasteiger partial charge is 0.222 e. The summed E-state index contributed by atoms with van der Waals surface area (Å²) in [6, 6.07) is 0.720. The molecule has 0 aromatic rings. The standard InChI is InChI=1S/C14H26N4O/c1-10-7-8-11(13(15)19)9-18(10)14(16)17-12-5-3-2-4-6-12/h10-12H,2-9H2,1H3,(H2,15,19)(H2,16,17). The molecule has 1 saturated heterocycles. The highest BCUT2D eigenvalue weighted by Gasteiger charge is 2.30. The van der Waals surface area contributed by atoms with Crippen LogP contribution in [-0.4, -0.2) is 35.4 Å². The molecule has 2 aliphatic rings. The van der Waals surface area contributed by atoms with E-state index in [9.17, 15) is 4.79 Å². The quantitative estimate of drug-likeness (QED) is 0.582.